The minimum absolute atomic E-state index is 0.0115. The molecule has 0 aliphatic rings. The Labute approximate surface area is 132 Å². The van der Waals surface area contributed by atoms with Gasteiger partial charge in [0.2, 0.25) is 0 Å². The van der Waals surface area contributed by atoms with E-state index in [9.17, 15) is 43.9 Å². The van der Waals surface area contributed by atoms with Gasteiger partial charge in [-0.05, 0) is 19.1 Å². The van der Waals surface area contributed by atoms with Crippen LogP contribution in [0.1, 0.15) is 17.1 Å². The van der Waals surface area contributed by atoms with Crippen molar-refractivity contribution in [1.82, 2.24) is 9.55 Å². The lowest BCUT2D eigenvalue weighted by Crippen LogP contribution is -2.34. The largest absolute Gasteiger partial charge is 0.459 e. The number of imidazole rings is 1. The molecule has 0 aliphatic carbocycles. The second-order valence-corrected chi connectivity index (χ2v) is 4.90. The quantitative estimate of drug-likeness (QED) is 0.661. The number of halogens is 10. The van der Waals surface area contributed by atoms with Crippen LogP contribution in [0.2, 0.25) is 0 Å². The zero-order valence-electron chi connectivity index (χ0n) is 11.9. The molecule has 0 fully saturated rings. The average Bonchev–Trinajstić information content (AvgIpc) is 2.78. The van der Waals surface area contributed by atoms with Gasteiger partial charge in [-0.3, -0.25) is 4.57 Å². The van der Waals surface area contributed by atoms with Gasteiger partial charge in [-0.15, -0.1) is 0 Å². The Hall–Kier alpha value is -2.27. The van der Waals surface area contributed by atoms with Crippen LogP contribution in [-0.2, 0) is 12.1 Å². The Balaban J connectivity index is 2.62. The van der Waals surface area contributed by atoms with E-state index in [4.69, 9.17) is 0 Å². The first-order valence-corrected chi connectivity index (χ1v) is 6.24. The number of aryl methyl sites for hydroxylation is 1. The van der Waals surface area contributed by atoms with Crippen molar-refractivity contribution in [2.45, 2.75) is 25.2 Å². The van der Waals surface area contributed by atoms with Crippen molar-refractivity contribution in [3.8, 4) is 5.69 Å². The third-order valence-electron chi connectivity index (χ3n) is 3.15. The summed E-state index contributed by atoms with van der Waals surface area (Å²) in [6.07, 6.45) is -11.1. The molecule has 2 rings (SSSR count). The summed E-state index contributed by atoms with van der Waals surface area (Å²) >= 11 is 0. The molecule has 0 unspecified atom stereocenters. The fourth-order valence-corrected chi connectivity index (χ4v) is 1.95. The van der Waals surface area contributed by atoms with Crippen molar-refractivity contribution in [3.05, 3.63) is 47.0 Å². The molecule has 138 valence electrons. The Morgan fingerprint density at radius 1 is 0.880 bits per heavy atom. The highest BCUT2D eigenvalue weighted by Crippen LogP contribution is 2.43. The summed E-state index contributed by atoms with van der Waals surface area (Å²) in [7, 11) is 0. The van der Waals surface area contributed by atoms with E-state index >= 15 is 0 Å². The van der Waals surface area contributed by atoms with E-state index in [-0.39, 0.29) is 22.9 Å². The first-order valence-electron chi connectivity index (χ1n) is 6.24. The number of hydrogen-bond acceptors (Lipinski definition) is 1. The average molecular weight is 380 g/mol. The zero-order valence-corrected chi connectivity index (χ0v) is 11.9. The van der Waals surface area contributed by atoms with Crippen molar-refractivity contribution in [3.63, 3.8) is 0 Å². The molecule has 2 nitrogen and oxygen atoms in total. The summed E-state index contributed by atoms with van der Waals surface area (Å²) in [4.78, 5) is 2.92. The summed E-state index contributed by atoms with van der Waals surface area (Å²) in [5.41, 5.74) is -4.80. The van der Waals surface area contributed by atoms with Gasteiger partial charge in [-0.25, -0.2) is 13.8 Å². The molecule has 2 aromatic rings. The van der Waals surface area contributed by atoms with Gasteiger partial charge < -0.3 is 0 Å². The van der Waals surface area contributed by atoms with Crippen LogP contribution in [0.3, 0.4) is 0 Å². The number of alkyl halides is 8. The van der Waals surface area contributed by atoms with Crippen molar-refractivity contribution in [1.29, 1.82) is 0 Å². The first-order chi connectivity index (χ1) is 11.2. The lowest BCUT2D eigenvalue weighted by Gasteiger charge is -2.17. The minimum atomic E-state index is -6.02. The molecule has 0 saturated heterocycles. The van der Waals surface area contributed by atoms with E-state index in [0.29, 0.717) is 0 Å². The maximum absolute atomic E-state index is 13.8. The van der Waals surface area contributed by atoms with Crippen molar-refractivity contribution in [2.75, 3.05) is 0 Å². The Morgan fingerprint density at radius 2 is 1.36 bits per heavy atom. The van der Waals surface area contributed by atoms with Crippen LogP contribution in [0.5, 0.6) is 0 Å². The van der Waals surface area contributed by atoms with Crippen LogP contribution in [0.4, 0.5) is 43.9 Å². The summed E-state index contributed by atoms with van der Waals surface area (Å²) in [6.45, 7) is 0.854. The molecule has 0 atom stereocenters. The van der Waals surface area contributed by atoms with Gasteiger partial charge >= 0.3 is 18.3 Å². The van der Waals surface area contributed by atoms with E-state index < -0.39 is 52.7 Å². The molecule has 25 heavy (non-hydrogen) atoms. The van der Waals surface area contributed by atoms with Crippen LogP contribution in [-0.4, -0.2) is 15.7 Å². The fraction of sp³-hybridized carbons (Fsp3) is 0.308. The van der Waals surface area contributed by atoms with Crippen LogP contribution in [0.15, 0.2) is 18.3 Å². The van der Waals surface area contributed by atoms with Crippen molar-refractivity contribution in [2.24, 2.45) is 0 Å². The molecule has 0 aliphatic heterocycles. The van der Waals surface area contributed by atoms with Gasteiger partial charge in [0.05, 0.1) is 5.56 Å². The van der Waals surface area contributed by atoms with Gasteiger partial charge in [0.25, 0.3) is 0 Å². The summed E-state index contributed by atoms with van der Waals surface area (Å²) in [5, 5.41) is 0. The van der Waals surface area contributed by atoms with Crippen molar-refractivity contribution >= 4 is 0 Å². The summed E-state index contributed by atoms with van der Waals surface area (Å²) < 4.78 is 129. The van der Waals surface area contributed by atoms with E-state index in [1.54, 1.807) is 0 Å². The number of hydrogen-bond donors (Lipinski definition) is 0. The highest BCUT2D eigenvalue weighted by Gasteiger charge is 2.60. The molecular formula is C13H6F10N2. The molecule has 1 aromatic carbocycles. The predicted molar refractivity (Wildman–Crippen MR) is 63.2 cm³/mol. The Morgan fingerprint density at radius 3 is 1.76 bits per heavy atom. The van der Waals surface area contributed by atoms with E-state index in [2.05, 4.69) is 4.98 Å². The Bertz CT molecular complexity index is 777. The van der Waals surface area contributed by atoms with Gasteiger partial charge in [0.15, 0.2) is 11.6 Å². The first kappa shape index (κ1) is 19.1. The molecule has 0 spiro atoms. The molecule has 1 heterocycles. The third kappa shape index (κ3) is 3.29. The maximum atomic E-state index is 13.8. The molecule has 0 amide bonds. The molecular weight excluding hydrogens is 374 g/mol. The van der Waals surface area contributed by atoms with Crippen LogP contribution in [0.25, 0.3) is 5.69 Å². The Kier molecular flexibility index (Phi) is 4.29. The molecule has 0 radical (unpaired) electrons. The van der Waals surface area contributed by atoms with E-state index in [1.807, 2.05) is 0 Å². The lowest BCUT2D eigenvalue weighted by molar-refractivity contribution is -0.290. The van der Waals surface area contributed by atoms with Crippen LogP contribution in [0, 0.1) is 18.6 Å². The summed E-state index contributed by atoms with van der Waals surface area (Å²) in [5.74, 6) is -9.72. The fourth-order valence-electron chi connectivity index (χ4n) is 1.95. The monoisotopic (exact) mass is 380 g/mol. The lowest BCUT2D eigenvalue weighted by atomic mass is 10.1. The number of aromatic nitrogens is 2. The van der Waals surface area contributed by atoms with Crippen LogP contribution < -0.4 is 0 Å². The maximum Gasteiger partial charge on any atom is 0.459 e. The van der Waals surface area contributed by atoms with Gasteiger partial charge in [-0.2, -0.15) is 35.1 Å². The molecule has 1 aromatic heterocycles. The smallest absolute Gasteiger partial charge is 0.298 e. The second-order valence-electron chi connectivity index (χ2n) is 4.90. The molecule has 0 saturated carbocycles. The third-order valence-corrected chi connectivity index (χ3v) is 3.15. The molecule has 12 heteroatoms. The van der Waals surface area contributed by atoms with Crippen molar-refractivity contribution < 1.29 is 43.9 Å². The topological polar surface area (TPSA) is 17.8 Å². The highest BCUT2D eigenvalue weighted by molar-refractivity contribution is 5.41. The normalized spacial score (nSPS) is 13.4. The SMILES string of the molecule is Cc1nc(C(F)(F)C(F)(F)F)cn1-c1c(F)cc(C(F)(F)F)cc1F. The highest BCUT2D eigenvalue weighted by atomic mass is 19.4. The predicted octanol–water partition coefficient (Wildman–Crippen LogP) is 5.13. The van der Waals surface area contributed by atoms with Gasteiger partial charge in [0, 0.05) is 6.20 Å². The van der Waals surface area contributed by atoms with Gasteiger partial charge in [-0.1, -0.05) is 0 Å². The van der Waals surface area contributed by atoms with E-state index in [0.717, 1.165) is 6.92 Å². The van der Waals surface area contributed by atoms with Gasteiger partial charge in [0.1, 0.15) is 17.2 Å². The number of benzene rings is 1. The van der Waals surface area contributed by atoms with Crippen LogP contribution >= 0.6 is 0 Å². The molecule has 0 N–H and O–H groups in total. The minimum Gasteiger partial charge on any atom is -0.298 e. The number of nitrogens with zero attached hydrogens (tertiary/aromatic N) is 2. The molecule has 0 bridgehead atoms. The second kappa shape index (κ2) is 5.63. The zero-order chi connectivity index (χ0) is 19.4. The van der Waals surface area contributed by atoms with E-state index in [1.165, 1.54) is 0 Å². The summed E-state index contributed by atoms with van der Waals surface area (Å²) in [6, 6.07) is -0.223. The number of rotatable bonds is 2. The standard InChI is InChI=1S/C13H6F10N2/c1-5-24-9(11(16,17)13(21,22)23)4-25(5)10-7(14)2-6(3-8(10)15)12(18,19)20/h2-4H,1H3.